The van der Waals surface area contributed by atoms with Crippen LogP contribution in [0.15, 0.2) is 84.9 Å². The molecule has 1 unspecified atom stereocenters. The Hall–Kier alpha value is -3.33. The summed E-state index contributed by atoms with van der Waals surface area (Å²) < 4.78 is 2.29. The van der Waals surface area contributed by atoms with Crippen LogP contribution in [-0.2, 0) is 17.8 Å². The van der Waals surface area contributed by atoms with Gasteiger partial charge >= 0.3 is 0 Å². The third kappa shape index (κ3) is 2.71. The molecule has 1 atom stereocenters. The van der Waals surface area contributed by atoms with Gasteiger partial charge < -0.3 is 9.47 Å². The first-order valence-electron chi connectivity index (χ1n) is 9.74. The molecule has 2 heterocycles. The number of hydrogen-bond donors (Lipinski definition) is 0. The van der Waals surface area contributed by atoms with Gasteiger partial charge in [0.15, 0.2) is 0 Å². The monoisotopic (exact) mass is 366 g/mol. The Morgan fingerprint density at radius 1 is 0.857 bits per heavy atom. The molecule has 0 fully saturated rings. The number of nitrogens with zero attached hydrogens (tertiary/aromatic N) is 2. The van der Waals surface area contributed by atoms with Gasteiger partial charge in [0.2, 0.25) is 5.91 Å². The summed E-state index contributed by atoms with van der Waals surface area (Å²) in [6, 6.07) is 29.1. The Balaban J connectivity index is 1.67. The summed E-state index contributed by atoms with van der Waals surface area (Å²) in [5.74, 6) is 0.132. The molecule has 28 heavy (non-hydrogen) atoms. The summed E-state index contributed by atoms with van der Waals surface area (Å²) in [6.45, 7) is 2.88. The molecule has 3 aromatic carbocycles. The fourth-order valence-electron chi connectivity index (χ4n) is 4.33. The summed E-state index contributed by atoms with van der Waals surface area (Å²) in [6.07, 6.45) is 0.403. The second kappa shape index (κ2) is 6.68. The summed E-state index contributed by atoms with van der Waals surface area (Å²) in [5.41, 5.74) is 5.58. The highest BCUT2D eigenvalue weighted by atomic mass is 16.2. The molecule has 3 heteroatoms. The molecule has 1 aliphatic rings. The predicted octanol–water partition coefficient (Wildman–Crippen LogP) is 5.34. The third-order valence-corrected chi connectivity index (χ3v) is 5.75. The van der Waals surface area contributed by atoms with E-state index in [9.17, 15) is 4.79 Å². The van der Waals surface area contributed by atoms with Crippen molar-refractivity contribution < 1.29 is 4.79 Å². The lowest BCUT2D eigenvalue weighted by Gasteiger charge is -2.33. The average molecular weight is 366 g/mol. The average Bonchev–Trinajstić information content (AvgIpc) is 3.05. The number of rotatable bonds is 2. The Morgan fingerprint density at radius 2 is 1.57 bits per heavy atom. The van der Waals surface area contributed by atoms with Crippen LogP contribution < -0.4 is 4.90 Å². The molecule has 0 saturated heterocycles. The van der Waals surface area contributed by atoms with Crippen LogP contribution in [0.3, 0.4) is 0 Å². The number of fused-ring (bicyclic) bond motifs is 4. The lowest BCUT2D eigenvalue weighted by atomic mass is 10.0. The molecular formula is C25H22N2O. The fraction of sp³-hybridized carbons (Fsp3) is 0.160. The van der Waals surface area contributed by atoms with Gasteiger partial charge in [0.05, 0.1) is 12.5 Å². The van der Waals surface area contributed by atoms with Crippen molar-refractivity contribution in [1.82, 2.24) is 4.57 Å². The van der Waals surface area contributed by atoms with Crippen LogP contribution in [-0.4, -0.2) is 10.5 Å². The first-order chi connectivity index (χ1) is 13.7. The van der Waals surface area contributed by atoms with E-state index in [1.54, 1.807) is 0 Å². The van der Waals surface area contributed by atoms with Gasteiger partial charge in [0.25, 0.3) is 0 Å². The molecule has 138 valence electrons. The van der Waals surface area contributed by atoms with Crippen LogP contribution in [0.25, 0.3) is 10.9 Å². The molecule has 0 bridgehead atoms. The zero-order valence-electron chi connectivity index (χ0n) is 15.9. The number of carbonyl (C=O) groups is 1. The van der Waals surface area contributed by atoms with Crippen LogP contribution >= 0.6 is 0 Å². The Labute approximate surface area is 164 Å². The first-order valence-corrected chi connectivity index (χ1v) is 9.74. The number of para-hydroxylation sites is 2. The summed E-state index contributed by atoms with van der Waals surface area (Å²) in [4.78, 5) is 15.5. The number of carbonyl (C=O) groups excluding carboxylic acids is 1. The molecule has 0 N–H and O–H groups in total. The van der Waals surface area contributed by atoms with E-state index in [0.717, 1.165) is 23.5 Å². The normalized spacial score (nSPS) is 14.9. The van der Waals surface area contributed by atoms with Gasteiger partial charge in [-0.25, -0.2) is 0 Å². The molecule has 1 amide bonds. The van der Waals surface area contributed by atoms with Crippen LogP contribution in [0.1, 0.15) is 29.8 Å². The molecule has 4 aromatic rings. The summed E-state index contributed by atoms with van der Waals surface area (Å²) in [5, 5.41) is 1.19. The van der Waals surface area contributed by atoms with Crippen molar-refractivity contribution in [2.45, 2.75) is 25.9 Å². The van der Waals surface area contributed by atoms with Gasteiger partial charge in [0.1, 0.15) is 0 Å². The minimum absolute atomic E-state index is 0.0224. The number of hydrogen-bond acceptors (Lipinski definition) is 1. The van der Waals surface area contributed by atoms with Gasteiger partial charge in [-0.15, -0.1) is 0 Å². The van der Waals surface area contributed by atoms with Gasteiger partial charge in [0, 0.05) is 23.4 Å². The minimum Gasteiger partial charge on any atom is -0.340 e. The lowest BCUT2D eigenvalue weighted by molar-refractivity contribution is -0.118. The maximum absolute atomic E-state index is 13.5. The van der Waals surface area contributed by atoms with E-state index >= 15 is 0 Å². The summed E-state index contributed by atoms with van der Waals surface area (Å²) in [7, 11) is 0. The van der Waals surface area contributed by atoms with E-state index in [-0.39, 0.29) is 11.9 Å². The zero-order valence-corrected chi connectivity index (χ0v) is 15.9. The Kier molecular flexibility index (Phi) is 4.01. The highest BCUT2D eigenvalue weighted by molar-refractivity contribution is 5.97. The highest BCUT2D eigenvalue weighted by Gasteiger charge is 2.28. The van der Waals surface area contributed by atoms with Crippen LogP contribution in [0.2, 0.25) is 0 Å². The quantitative estimate of drug-likeness (QED) is 0.470. The van der Waals surface area contributed by atoms with E-state index < -0.39 is 0 Å². The second-order valence-electron chi connectivity index (χ2n) is 7.44. The van der Waals surface area contributed by atoms with Crippen LogP contribution in [0.5, 0.6) is 0 Å². The first kappa shape index (κ1) is 16.8. The van der Waals surface area contributed by atoms with Crippen molar-refractivity contribution in [2.24, 2.45) is 0 Å². The predicted molar refractivity (Wildman–Crippen MR) is 114 cm³/mol. The largest absolute Gasteiger partial charge is 0.340 e. The number of benzene rings is 3. The second-order valence-corrected chi connectivity index (χ2v) is 7.44. The van der Waals surface area contributed by atoms with Gasteiger partial charge in [-0.05, 0) is 41.6 Å². The van der Waals surface area contributed by atoms with Gasteiger partial charge in [-0.1, -0.05) is 66.7 Å². The van der Waals surface area contributed by atoms with Crippen LogP contribution in [0.4, 0.5) is 5.69 Å². The molecular weight excluding hydrogens is 344 g/mol. The van der Waals surface area contributed by atoms with Crippen LogP contribution in [0, 0.1) is 0 Å². The van der Waals surface area contributed by atoms with Crippen molar-refractivity contribution in [2.75, 3.05) is 4.90 Å². The molecule has 5 rings (SSSR count). The highest BCUT2D eigenvalue weighted by Crippen LogP contribution is 2.34. The van der Waals surface area contributed by atoms with E-state index in [2.05, 4.69) is 72.2 Å². The van der Waals surface area contributed by atoms with Crippen molar-refractivity contribution >= 4 is 22.5 Å². The maximum Gasteiger partial charge on any atom is 0.233 e. The molecule has 0 saturated carbocycles. The lowest BCUT2D eigenvalue weighted by Crippen LogP contribution is -2.37. The van der Waals surface area contributed by atoms with E-state index in [1.165, 1.54) is 16.5 Å². The third-order valence-electron chi connectivity index (χ3n) is 5.75. The number of anilines is 1. The van der Waals surface area contributed by atoms with E-state index in [4.69, 9.17) is 0 Å². The Bertz CT molecular complexity index is 1160. The standard InChI is InChI=1S/C25H22N2O/c1-18(19-9-3-2-4-10-19)27-24-14-8-6-12-21(24)17-26-22(16-25(27)28)15-20-11-5-7-13-23(20)26/h2-15,18H,16-17H2,1H3. The van der Waals surface area contributed by atoms with Crippen molar-refractivity contribution in [3.05, 3.63) is 102 Å². The van der Waals surface area contributed by atoms with Gasteiger partial charge in [-0.3, -0.25) is 4.79 Å². The molecule has 0 radical (unpaired) electrons. The van der Waals surface area contributed by atoms with Gasteiger partial charge in [-0.2, -0.15) is 0 Å². The van der Waals surface area contributed by atoms with Crippen molar-refractivity contribution in [3.8, 4) is 0 Å². The SMILES string of the molecule is CC(c1ccccc1)N1C(=O)Cc2cc3ccccc3n2Cc2ccccc21. The van der Waals surface area contributed by atoms with Crippen molar-refractivity contribution in [1.29, 1.82) is 0 Å². The molecule has 0 spiro atoms. The van der Waals surface area contributed by atoms with E-state index in [0.29, 0.717) is 6.42 Å². The maximum atomic E-state index is 13.5. The zero-order chi connectivity index (χ0) is 19.1. The molecule has 0 aliphatic carbocycles. The number of aromatic nitrogens is 1. The summed E-state index contributed by atoms with van der Waals surface area (Å²) >= 11 is 0. The van der Waals surface area contributed by atoms with E-state index in [1.807, 2.05) is 29.2 Å². The Morgan fingerprint density at radius 3 is 2.43 bits per heavy atom. The molecule has 3 nitrogen and oxygen atoms in total. The minimum atomic E-state index is -0.0224. The smallest absolute Gasteiger partial charge is 0.233 e. The fourth-order valence-corrected chi connectivity index (χ4v) is 4.33. The number of amides is 1. The molecule has 1 aliphatic heterocycles. The molecule has 1 aromatic heterocycles. The topological polar surface area (TPSA) is 25.2 Å². The van der Waals surface area contributed by atoms with Crippen molar-refractivity contribution in [3.63, 3.8) is 0 Å².